The normalized spacial score (nSPS) is 17.6. The second kappa shape index (κ2) is 8.61. The number of benzene rings is 1. The molecule has 2 heterocycles. The van der Waals surface area contributed by atoms with Crippen molar-refractivity contribution in [3.8, 4) is 6.07 Å². The molecule has 3 rings (SSSR count). The van der Waals surface area contributed by atoms with E-state index in [1.807, 2.05) is 24.5 Å². The molecular weight excluding hydrogens is 384 g/mol. The number of sulfonamides is 1. The first-order valence-electron chi connectivity index (χ1n) is 9.13. The van der Waals surface area contributed by atoms with Crippen LogP contribution in [0.15, 0.2) is 28.3 Å². The zero-order chi connectivity index (χ0) is 19.4. The second-order valence-corrected chi connectivity index (χ2v) is 9.21. The maximum atomic E-state index is 12.8. The van der Waals surface area contributed by atoms with E-state index in [1.165, 1.54) is 16.1 Å². The molecule has 9 heteroatoms. The van der Waals surface area contributed by atoms with E-state index < -0.39 is 10.0 Å². The molecule has 0 radical (unpaired) electrons. The molecule has 1 aliphatic heterocycles. The van der Waals surface area contributed by atoms with Crippen molar-refractivity contribution in [3.05, 3.63) is 18.2 Å². The van der Waals surface area contributed by atoms with E-state index in [-0.39, 0.29) is 11.0 Å². The lowest BCUT2D eigenvalue weighted by atomic mass is 10.2. The molecule has 1 fully saturated rings. The third kappa shape index (κ3) is 4.14. The summed E-state index contributed by atoms with van der Waals surface area (Å²) in [5.41, 5.74) is 1.49. The minimum absolute atomic E-state index is 0.128. The Kier molecular flexibility index (Phi) is 6.42. The number of rotatable bonds is 8. The van der Waals surface area contributed by atoms with E-state index in [9.17, 15) is 8.42 Å². The lowest BCUT2D eigenvalue weighted by Crippen LogP contribution is -2.30. The van der Waals surface area contributed by atoms with Crippen LogP contribution in [0.3, 0.4) is 0 Å². The van der Waals surface area contributed by atoms with Crippen molar-refractivity contribution < 1.29 is 13.2 Å². The van der Waals surface area contributed by atoms with Crippen LogP contribution >= 0.6 is 11.8 Å². The van der Waals surface area contributed by atoms with Gasteiger partial charge in [0.05, 0.1) is 40.4 Å². The van der Waals surface area contributed by atoms with Crippen molar-refractivity contribution >= 4 is 32.8 Å². The van der Waals surface area contributed by atoms with Gasteiger partial charge in [-0.1, -0.05) is 25.6 Å². The Morgan fingerprint density at radius 1 is 1.41 bits per heavy atom. The Balaban J connectivity index is 2.02. The Labute approximate surface area is 164 Å². The highest BCUT2D eigenvalue weighted by atomic mass is 32.2. The summed E-state index contributed by atoms with van der Waals surface area (Å²) in [5, 5.41) is 9.65. The van der Waals surface area contributed by atoms with Crippen LogP contribution in [0.4, 0.5) is 0 Å². The van der Waals surface area contributed by atoms with Crippen LogP contribution in [0.2, 0.25) is 0 Å². The van der Waals surface area contributed by atoms with Gasteiger partial charge in [0.25, 0.3) is 0 Å². The molecule has 1 saturated heterocycles. The standard InChI is InChI=1S/C18H24N4O3S2/c1-3-21(4-2)27(23,24)15-7-8-17-16(12-15)20-18(26-11-9-19)22(17)13-14-6-5-10-25-14/h7-8,12,14H,3-6,10-11,13H2,1-2H3. The predicted octanol–water partition coefficient (Wildman–Crippen LogP) is 2.86. The van der Waals surface area contributed by atoms with E-state index in [0.717, 1.165) is 30.1 Å². The zero-order valence-electron chi connectivity index (χ0n) is 15.6. The fraction of sp³-hybridized carbons (Fsp3) is 0.556. The van der Waals surface area contributed by atoms with E-state index in [0.29, 0.717) is 30.9 Å². The molecule has 7 nitrogen and oxygen atoms in total. The van der Waals surface area contributed by atoms with E-state index >= 15 is 0 Å². The average Bonchev–Trinajstić information content (AvgIpc) is 3.29. The smallest absolute Gasteiger partial charge is 0.243 e. The number of hydrogen-bond donors (Lipinski definition) is 0. The van der Waals surface area contributed by atoms with E-state index in [1.54, 1.807) is 12.1 Å². The lowest BCUT2D eigenvalue weighted by Gasteiger charge is -2.18. The summed E-state index contributed by atoms with van der Waals surface area (Å²) in [4.78, 5) is 4.86. The second-order valence-electron chi connectivity index (χ2n) is 6.33. The van der Waals surface area contributed by atoms with Crippen LogP contribution in [0.25, 0.3) is 11.0 Å². The molecule has 1 atom stereocenters. The number of hydrogen-bond acceptors (Lipinski definition) is 6. The van der Waals surface area contributed by atoms with E-state index in [2.05, 4.69) is 11.1 Å². The fourth-order valence-electron chi connectivity index (χ4n) is 3.34. The maximum absolute atomic E-state index is 12.8. The van der Waals surface area contributed by atoms with Gasteiger partial charge in [0.1, 0.15) is 0 Å². The molecule has 0 spiro atoms. The number of ether oxygens (including phenoxy) is 1. The van der Waals surface area contributed by atoms with Crippen molar-refractivity contribution in [1.29, 1.82) is 5.26 Å². The van der Waals surface area contributed by atoms with Gasteiger partial charge >= 0.3 is 0 Å². The molecule has 0 amide bonds. The van der Waals surface area contributed by atoms with Crippen LogP contribution in [-0.4, -0.2) is 53.8 Å². The molecule has 0 saturated carbocycles. The summed E-state index contributed by atoms with van der Waals surface area (Å²) in [7, 11) is -3.54. The first-order valence-corrected chi connectivity index (χ1v) is 11.6. The van der Waals surface area contributed by atoms with Crippen molar-refractivity contribution in [2.75, 3.05) is 25.4 Å². The first kappa shape index (κ1) is 20.1. The van der Waals surface area contributed by atoms with Crippen molar-refractivity contribution in [1.82, 2.24) is 13.9 Å². The van der Waals surface area contributed by atoms with Crippen LogP contribution in [0, 0.1) is 11.3 Å². The van der Waals surface area contributed by atoms with Crippen molar-refractivity contribution in [2.24, 2.45) is 0 Å². The number of thioether (sulfide) groups is 1. The Bertz CT molecular complexity index is 939. The minimum Gasteiger partial charge on any atom is -0.376 e. The summed E-state index contributed by atoms with van der Waals surface area (Å²) >= 11 is 1.36. The highest BCUT2D eigenvalue weighted by Gasteiger charge is 2.24. The number of aromatic nitrogens is 2. The Morgan fingerprint density at radius 3 is 2.81 bits per heavy atom. The zero-order valence-corrected chi connectivity index (χ0v) is 17.2. The SMILES string of the molecule is CCN(CC)S(=O)(=O)c1ccc2c(c1)nc(SCC#N)n2CC1CCCO1. The molecule has 1 aliphatic rings. The quantitative estimate of drug-likeness (QED) is 0.624. The number of nitriles is 1. The summed E-state index contributed by atoms with van der Waals surface area (Å²) < 4.78 is 34.8. The monoisotopic (exact) mass is 408 g/mol. The Hall–Kier alpha value is -1.60. The molecule has 0 N–H and O–H groups in total. The maximum Gasteiger partial charge on any atom is 0.243 e. The molecule has 146 valence electrons. The highest BCUT2D eigenvalue weighted by molar-refractivity contribution is 7.99. The molecule has 0 aliphatic carbocycles. The predicted molar refractivity (Wildman–Crippen MR) is 105 cm³/mol. The largest absolute Gasteiger partial charge is 0.376 e. The average molecular weight is 409 g/mol. The van der Waals surface area contributed by atoms with Gasteiger partial charge in [-0.3, -0.25) is 0 Å². The van der Waals surface area contributed by atoms with Gasteiger partial charge in [0, 0.05) is 19.7 Å². The minimum atomic E-state index is -3.54. The molecule has 1 unspecified atom stereocenters. The number of nitrogens with zero attached hydrogens (tertiary/aromatic N) is 4. The highest BCUT2D eigenvalue weighted by Crippen LogP contribution is 2.28. The molecule has 0 bridgehead atoms. The van der Waals surface area contributed by atoms with Crippen LogP contribution in [0.1, 0.15) is 26.7 Å². The first-order chi connectivity index (χ1) is 13.0. The van der Waals surface area contributed by atoms with Gasteiger partial charge in [-0.25, -0.2) is 13.4 Å². The Morgan fingerprint density at radius 2 is 2.19 bits per heavy atom. The van der Waals surface area contributed by atoms with E-state index in [4.69, 9.17) is 10.00 Å². The third-order valence-corrected chi connectivity index (χ3v) is 7.59. The molecule has 2 aromatic rings. The van der Waals surface area contributed by atoms with Crippen molar-refractivity contribution in [3.63, 3.8) is 0 Å². The summed E-state index contributed by atoms with van der Waals surface area (Å²) in [6.07, 6.45) is 2.17. The van der Waals surface area contributed by atoms with Gasteiger partial charge in [0.2, 0.25) is 10.0 Å². The van der Waals surface area contributed by atoms with Crippen molar-refractivity contribution in [2.45, 2.75) is 49.4 Å². The third-order valence-electron chi connectivity index (χ3n) is 4.70. The molecule has 1 aromatic carbocycles. The van der Waals surface area contributed by atoms with Gasteiger partial charge in [-0.05, 0) is 31.0 Å². The van der Waals surface area contributed by atoms with Gasteiger partial charge in [-0.15, -0.1) is 0 Å². The van der Waals surface area contributed by atoms with Gasteiger partial charge in [-0.2, -0.15) is 9.57 Å². The number of imidazole rings is 1. The molecule has 1 aromatic heterocycles. The van der Waals surface area contributed by atoms with Crippen LogP contribution in [0.5, 0.6) is 0 Å². The van der Waals surface area contributed by atoms with Gasteiger partial charge < -0.3 is 9.30 Å². The number of fused-ring (bicyclic) bond motifs is 1. The van der Waals surface area contributed by atoms with Gasteiger partial charge in [0.15, 0.2) is 5.16 Å². The topological polar surface area (TPSA) is 88.2 Å². The summed E-state index contributed by atoms with van der Waals surface area (Å²) in [6.45, 7) is 5.93. The lowest BCUT2D eigenvalue weighted by molar-refractivity contribution is 0.0960. The van der Waals surface area contributed by atoms with Crippen LogP contribution < -0.4 is 0 Å². The molecule has 27 heavy (non-hydrogen) atoms. The fourth-order valence-corrected chi connectivity index (χ4v) is 5.50. The summed E-state index contributed by atoms with van der Waals surface area (Å²) in [5.74, 6) is 0.291. The van der Waals surface area contributed by atoms with Crippen LogP contribution in [-0.2, 0) is 21.3 Å². The summed E-state index contributed by atoms with van der Waals surface area (Å²) in [6, 6.07) is 7.20. The molecular formula is C18H24N4O3S2.